The number of nitrogens with one attached hydrogen (secondary N) is 2. The summed E-state index contributed by atoms with van der Waals surface area (Å²) in [5.74, 6) is 0.348. The number of para-hydroxylation sites is 1. The molecule has 3 aromatic carbocycles. The highest BCUT2D eigenvalue weighted by atomic mass is 19.1. The molecular weight excluding hydrogens is 423 g/mol. The summed E-state index contributed by atoms with van der Waals surface area (Å²) < 4.78 is 20.7. The number of carbonyl (C=O) groups is 2. The highest BCUT2D eigenvalue weighted by Gasteiger charge is 2.11. The first kappa shape index (κ1) is 22.0. The maximum absolute atomic E-state index is 13.3. The normalized spacial score (nSPS) is 10.7. The molecule has 0 saturated carbocycles. The van der Waals surface area contributed by atoms with Gasteiger partial charge in [0.25, 0.3) is 11.8 Å². The molecule has 33 heavy (non-hydrogen) atoms. The van der Waals surface area contributed by atoms with E-state index in [0.717, 1.165) is 16.9 Å². The van der Waals surface area contributed by atoms with Crippen molar-refractivity contribution in [2.24, 2.45) is 7.05 Å². The third-order valence-corrected chi connectivity index (χ3v) is 5.09. The number of aromatic nitrogens is 2. The van der Waals surface area contributed by atoms with Crippen LogP contribution in [-0.4, -0.2) is 34.5 Å². The highest BCUT2D eigenvalue weighted by Crippen LogP contribution is 2.20. The number of hydrogen-bond donors (Lipinski definition) is 2. The van der Waals surface area contributed by atoms with E-state index in [2.05, 4.69) is 15.6 Å². The fourth-order valence-corrected chi connectivity index (χ4v) is 3.43. The Balaban J connectivity index is 1.35. The molecular formula is C25H23FN4O3. The summed E-state index contributed by atoms with van der Waals surface area (Å²) in [5, 5.41) is 5.59. The lowest BCUT2D eigenvalue weighted by molar-refractivity contribution is -0.118. The van der Waals surface area contributed by atoms with Gasteiger partial charge in [0.05, 0.1) is 11.0 Å². The van der Waals surface area contributed by atoms with Gasteiger partial charge in [-0.3, -0.25) is 9.59 Å². The van der Waals surface area contributed by atoms with Crippen LogP contribution in [0.2, 0.25) is 0 Å². The van der Waals surface area contributed by atoms with Crippen LogP contribution in [0.4, 0.5) is 10.1 Å². The molecule has 4 aromatic rings. The van der Waals surface area contributed by atoms with Gasteiger partial charge in [-0.05, 0) is 48.5 Å². The summed E-state index contributed by atoms with van der Waals surface area (Å²) in [4.78, 5) is 29.0. The molecule has 0 aliphatic carbocycles. The number of halogens is 1. The number of aryl methyl sites for hydroxylation is 1. The lowest BCUT2D eigenvalue weighted by Gasteiger charge is -2.07. The minimum Gasteiger partial charge on any atom is -0.484 e. The fourth-order valence-electron chi connectivity index (χ4n) is 3.43. The van der Waals surface area contributed by atoms with E-state index in [-0.39, 0.29) is 24.0 Å². The van der Waals surface area contributed by atoms with Crippen molar-refractivity contribution in [3.63, 3.8) is 0 Å². The van der Waals surface area contributed by atoms with E-state index in [1.807, 2.05) is 35.9 Å². The molecule has 0 aliphatic rings. The van der Waals surface area contributed by atoms with Crippen LogP contribution < -0.4 is 15.4 Å². The number of anilines is 1. The predicted molar refractivity (Wildman–Crippen MR) is 124 cm³/mol. The average molecular weight is 446 g/mol. The Morgan fingerprint density at radius 3 is 2.64 bits per heavy atom. The highest BCUT2D eigenvalue weighted by molar-refractivity contribution is 5.94. The van der Waals surface area contributed by atoms with Crippen LogP contribution in [0, 0.1) is 5.82 Å². The van der Waals surface area contributed by atoms with Crippen LogP contribution in [-0.2, 0) is 18.3 Å². The van der Waals surface area contributed by atoms with Crippen LogP contribution >= 0.6 is 0 Å². The molecule has 1 aromatic heterocycles. The summed E-state index contributed by atoms with van der Waals surface area (Å²) in [7, 11) is 1.89. The Hall–Kier alpha value is -4.20. The quantitative estimate of drug-likeness (QED) is 0.432. The Morgan fingerprint density at radius 1 is 1.03 bits per heavy atom. The van der Waals surface area contributed by atoms with Gasteiger partial charge in [0.15, 0.2) is 6.61 Å². The van der Waals surface area contributed by atoms with Gasteiger partial charge in [0.2, 0.25) is 0 Å². The van der Waals surface area contributed by atoms with Crippen LogP contribution in [0.3, 0.4) is 0 Å². The number of ether oxygens (including phenoxy) is 1. The van der Waals surface area contributed by atoms with Crippen LogP contribution in [0.1, 0.15) is 16.2 Å². The van der Waals surface area contributed by atoms with E-state index in [4.69, 9.17) is 4.74 Å². The molecule has 0 radical (unpaired) electrons. The molecule has 0 fully saturated rings. The van der Waals surface area contributed by atoms with Gasteiger partial charge in [0, 0.05) is 31.3 Å². The predicted octanol–water partition coefficient (Wildman–Crippen LogP) is 3.70. The molecule has 0 atom stereocenters. The molecule has 0 unspecified atom stereocenters. The second kappa shape index (κ2) is 9.95. The van der Waals surface area contributed by atoms with Crippen molar-refractivity contribution in [3.05, 3.63) is 90.0 Å². The van der Waals surface area contributed by atoms with Gasteiger partial charge >= 0.3 is 0 Å². The molecule has 8 heteroatoms. The Morgan fingerprint density at radius 2 is 1.85 bits per heavy atom. The monoisotopic (exact) mass is 446 g/mol. The zero-order valence-electron chi connectivity index (χ0n) is 18.0. The number of rotatable bonds is 8. The first-order chi connectivity index (χ1) is 16.0. The third kappa shape index (κ3) is 5.54. The van der Waals surface area contributed by atoms with Crippen LogP contribution in [0.25, 0.3) is 11.0 Å². The van der Waals surface area contributed by atoms with Gasteiger partial charge in [-0.2, -0.15) is 0 Å². The van der Waals surface area contributed by atoms with E-state index < -0.39 is 5.82 Å². The zero-order valence-corrected chi connectivity index (χ0v) is 18.0. The standard InChI is InChI=1S/C25H23FN4O3/c1-30-22-11-10-19(28-24(31)16-33-20-8-3-2-4-9-20)15-21(22)29-23(30)12-13-27-25(32)17-6-5-7-18(26)14-17/h2-11,14-15H,12-13,16H2,1H3,(H,27,32)(H,28,31). The summed E-state index contributed by atoms with van der Waals surface area (Å²) in [6, 6.07) is 20.2. The number of fused-ring (bicyclic) bond motifs is 1. The first-order valence-corrected chi connectivity index (χ1v) is 10.5. The lowest BCUT2D eigenvalue weighted by Crippen LogP contribution is -2.26. The number of carbonyl (C=O) groups excluding carboxylic acids is 2. The molecule has 2 N–H and O–H groups in total. The molecule has 0 spiro atoms. The van der Waals surface area contributed by atoms with E-state index >= 15 is 0 Å². The van der Waals surface area contributed by atoms with Crippen molar-refractivity contribution >= 4 is 28.5 Å². The van der Waals surface area contributed by atoms with E-state index in [0.29, 0.717) is 24.4 Å². The van der Waals surface area contributed by atoms with Crippen LogP contribution in [0.15, 0.2) is 72.8 Å². The van der Waals surface area contributed by atoms with Crippen molar-refractivity contribution in [3.8, 4) is 5.75 Å². The molecule has 2 amide bonds. The van der Waals surface area contributed by atoms with Crippen molar-refractivity contribution in [1.82, 2.24) is 14.9 Å². The van der Waals surface area contributed by atoms with Gasteiger partial charge in [-0.15, -0.1) is 0 Å². The summed E-state index contributed by atoms with van der Waals surface area (Å²) in [6.45, 7) is 0.257. The van der Waals surface area contributed by atoms with Crippen molar-refractivity contribution < 1.29 is 18.7 Å². The van der Waals surface area contributed by atoms with Crippen LogP contribution in [0.5, 0.6) is 5.75 Å². The minimum absolute atomic E-state index is 0.0967. The molecule has 0 aliphatic heterocycles. The number of amides is 2. The SMILES string of the molecule is Cn1c(CCNC(=O)c2cccc(F)c2)nc2cc(NC(=O)COc3ccccc3)ccc21. The molecule has 0 bridgehead atoms. The fraction of sp³-hybridized carbons (Fsp3) is 0.160. The molecule has 4 rings (SSSR count). The third-order valence-electron chi connectivity index (χ3n) is 5.09. The average Bonchev–Trinajstić information content (AvgIpc) is 3.13. The van der Waals surface area contributed by atoms with E-state index in [1.54, 1.807) is 30.3 Å². The Bertz CT molecular complexity index is 1290. The number of nitrogens with zero attached hydrogens (tertiary/aromatic N) is 2. The Labute approximate surface area is 190 Å². The second-order valence-corrected chi connectivity index (χ2v) is 7.46. The first-order valence-electron chi connectivity index (χ1n) is 10.5. The largest absolute Gasteiger partial charge is 0.484 e. The number of imidazole rings is 1. The topological polar surface area (TPSA) is 85.3 Å². The smallest absolute Gasteiger partial charge is 0.262 e. The molecule has 0 saturated heterocycles. The molecule has 1 heterocycles. The second-order valence-electron chi connectivity index (χ2n) is 7.46. The lowest BCUT2D eigenvalue weighted by atomic mass is 10.2. The molecule has 7 nitrogen and oxygen atoms in total. The zero-order chi connectivity index (χ0) is 23.2. The van der Waals surface area contributed by atoms with Gasteiger partial charge in [-0.1, -0.05) is 24.3 Å². The van der Waals surface area contributed by atoms with Crippen molar-refractivity contribution in [2.45, 2.75) is 6.42 Å². The van der Waals surface area contributed by atoms with E-state index in [1.165, 1.54) is 18.2 Å². The van der Waals surface area contributed by atoms with Gasteiger partial charge < -0.3 is 19.9 Å². The molecule has 168 valence electrons. The minimum atomic E-state index is -0.451. The maximum atomic E-state index is 13.3. The van der Waals surface area contributed by atoms with Gasteiger partial charge in [0.1, 0.15) is 17.4 Å². The van der Waals surface area contributed by atoms with Crippen molar-refractivity contribution in [1.29, 1.82) is 0 Å². The maximum Gasteiger partial charge on any atom is 0.262 e. The Kier molecular flexibility index (Phi) is 6.64. The number of hydrogen-bond acceptors (Lipinski definition) is 4. The summed E-state index contributed by atoms with van der Waals surface area (Å²) in [6.07, 6.45) is 0.499. The summed E-state index contributed by atoms with van der Waals surface area (Å²) in [5.41, 5.74) is 2.52. The summed E-state index contributed by atoms with van der Waals surface area (Å²) >= 11 is 0. The van der Waals surface area contributed by atoms with E-state index in [9.17, 15) is 14.0 Å². The van der Waals surface area contributed by atoms with Crippen molar-refractivity contribution in [2.75, 3.05) is 18.5 Å². The van der Waals surface area contributed by atoms with Gasteiger partial charge in [-0.25, -0.2) is 9.37 Å². The number of benzene rings is 3.